The number of carbonyl (C=O) groups excluding carboxylic acids is 2. The molecule has 5 rings (SSSR count). The lowest BCUT2D eigenvalue weighted by atomic mass is 10.0. The molecule has 0 bridgehead atoms. The van der Waals surface area contributed by atoms with Gasteiger partial charge in [-0.15, -0.1) is 0 Å². The molecule has 2 amide bonds. The molecule has 1 atom stereocenters. The van der Waals surface area contributed by atoms with Gasteiger partial charge in [-0.05, 0) is 65.7 Å². The van der Waals surface area contributed by atoms with E-state index in [1.807, 2.05) is 0 Å². The van der Waals surface area contributed by atoms with E-state index in [0.717, 1.165) is 11.7 Å². The number of fused-ring (bicyclic) bond motifs is 1. The fourth-order valence-corrected chi connectivity index (χ4v) is 6.59. The Morgan fingerprint density at radius 1 is 0.886 bits per heavy atom. The van der Waals surface area contributed by atoms with Crippen molar-refractivity contribution in [3.63, 3.8) is 0 Å². The average molecular weight is 693 g/mol. The highest BCUT2D eigenvalue weighted by molar-refractivity contribution is 7.93. The summed E-state index contributed by atoms with van der Waals surface area (Å²) in [5.41, 5.74) is 1.61. The fraction of sp³-hybridized carbons (Fsp3) is 0.103. The zero-order chi connectivity index (χ0) is 31.4. The van der Waals surface area contributed by atoms with E-state index in [2.05, 4.69) is 24.1 Å². The smallest absolute Gasteiger partial charge is 0.264 e. The van der Waals surface area contributed by atoms with Crippen LogP contribution in [0.1, 0.15) is 21.5 Å². The SMILES string of the molecule is O=C(N[C@@H](Cc1ccc(Cl)c(Cl)c1)C(=O)NCc1ccc(F)cc1)c1ccc(Cl)cc1NS(=O)(=O)c1cccc2nsnc12. The summed E-state index contributed by atoms with van der Waals surface area (Å²) in [5, 5.41) is 6.17. The number of hydrogen-bond donors (Lipinski definition) is 3. The lowest BCUT2D eigenvalue weighted by Crippen LogP contribution is -2.48. The van der Waals surface area contributed by atoms with Crippen LogP contribution in [0.4, 0.5) is 10.1 Å². The van der Waals surface area contributed by atoms with Gasteiger partial charge in [-0.2, -0.15) is 8.75 Å². The zero-order valence-corrected chi connectivity index (χ0v) is 26.3. The minimum atomic E-state index is -4.24. The van der Waals surface area contributed by atoms with Gasteiger partial charge in [0.2, 0.25) is 5.91 Å². The maximum atomic E-state index is 13.6. The highest BCUT2D eigenvalue weighted by Crippen LogP contribution is 2.28. The number of aromatic nitrogens is 2. The summed E-state index contributed by atoms with van der Waals surface area (Å²) in [6.45, 7) is 0.0654. The van der Waals surface area contributed by atoms with Crippen molar-refractivity contribution in [3.8, 4) is 0 Å². The van der Waals surface area contributed by atoms with E-state index < -0.39 is 33.7 Å². The molecule has 4 aromatic carbocycles. The number of anilines is 1. The number of nitrogens with one attached hydrogen (secondary N) is 3. The third kappa shape index (κ3) is 7.45. The number of nitrogens with zero attached hydrogens (tertiary/aromatic N) is 2. The van der Waals surface area contributed by atoms with E-state index >= 15 is 0 Å². The summed E-state index contributed by atoms with van der Waals surface area (Å²) >= 11 is 19.3. The van der Waals surface area contributed by atoms with Gasteiger partial charge in [0.05, 0.1) is 33.0 Å². The van der Waals surface area contributed by atoms with Crippen molar-refractivity contribution >= 4 is 85.1 Å². The van der Waals surface area contributed by atoms with Crippen LogP contribution in [0.5, 0.6) is 0 Å². The fourth-order valence-electron chi connectivity index (χ4n) is 4.26. The Morgan fingerprint density at radius 2 is 1.64 bits per heavy atom. The maximum absolute atomic E-state index is 13.6. The average Bonchev–Trinajstić information content (AvgIpc) is 3.47. The van der Waals surface area contributed by atoms with E-state index in [1.165, 1.54) is 54.6 Å². The van der Waals surface area contributed by atoms with Gasteiger partial charge >= 0.3 is 0 Å². The highest BCUT2D eigenvalue weighted by atomic mass is 35.5. The summed E-state index contributed by atoms with van der Waals surface area (Å²) < 4.78 is 50.7. The molecular weight excluding hydrogens is 672 g/mol. The zero-order valence-electron chi connectivity index (χ0n) is 22.4. The van der Waals surface area contributed by atoms with Gasteiger partial charge in [0.25, 0.3) is 15.9 Å². The molecule has 5 aromatic rings. The normalized spacial score (nSPS) is 12.1. The van der Waals surface area contributed by atoms with Gasteiger partial charge in [0.15, 0.2) is 0 Å². The topological polar surface area (TPSA) is 130 Å². The molecule has 0 aliphatic heterocycles. The number of rotatable bonds is 10. The van der Waals surface area contributed by atoms with Crippen LogP contribution in [0.3, 0.4) is 0 Å². The summed E-state index contributed by atoms with van der Waals surface area (Å²) in [7, 11) is -4.24. The molecule has 0 unspecified atom stereocenters. The van der Waals surface area contributed by atoms with Gasteiger partial charge in [-0.3, -0.25) is 14.3 Å². The van der Waals surface area contributed by atoms with Crippen LogP contribution < -0.4 is 15.4 Å². The third-order valence-corrected chi connectivity index (χ3v) is 9.35. The van der Waals surface area contributed by atoms with E-state index in [0.29, 0.717) is 21.7 Å². The second kappa shape index (κ2) is 13.4. The first-order valence-corrected chi connectivity index (χ1v) is 16.2. The first-order chi connectivity index (χ1) is 21.0. The molecule has 0 saturated heterocycles. The summed E-state index contributed by atoms with van der Waals surface area (Å²) in [6, 6.07) is 17.8. The molecule has 0 radical (unpaired) electrons. The molecule has 1 aromatic heterocycles. The monoisotopic (exact) mass is 691 g/mol. The number of amides is 2. The van der Waals surface area contributed by atoms with Crippen molar-refractivity contribution in [2.45, 2.75) is 23.9 Å². The van der Waals surface area contributed by atoms with Crippen LogP contribution in [-0.4, -0.2) is 35.0 Å². The van der Waals surface area contributed by atoms with E-state index in [4.69, 9.17) is 34.8 Å². The predicted molar refractivity (Wildman–Crippen MR) is 169 cm³/mol. The lowest BCUT2D eigenvalue weighted by Gasteiger charge is -2.20. The molecule has 0 spiro atoms. The Balaban J connectivity index is 1.42. The Labute approximate surface area is 270 Å². The summed E-state index contributed by atoms with van der Waals surface area (Å²) in [6.07, 6.45) is 0.0192. The van der Waals surface area contributed by atoms with Crippen molar-refractivity contribution in [2.24, 2.45) is 0 Å². The Kier molecular flexibility index (Phi) is 9.66. The van der Waals surface area contributed by atoms with E-state index in [-0.39, 0.29) is 44.7 Å². The van der Waals surface area contributed by atoms with Crippen LogP contribution >= 0.6 is 46.5 Å². The standard InChI is InChI=1S/C29H21Cl3FN5O4S2/c30-18-7-10-20(24(14-18)38-44(41,42)26-3-1-2-23-27(26)37-43-36-23)28(39)35-25(13-17-6-11-21(31)22(32)12-17)29(40)34-15-16-4-8-19(33)9-5-16/h1-12,14,25,38H,13,15H2,(H,34,40)(H,35,39)/t25-/m0/s1. The Bertz CT molecular complexity index is 1970. The van der Waals surface area contributed by atoms with Crippen molar-refractivity contribution < 1.29 is 22.4 Å². The molecule has 0 fully saturated rings. The van der Waals surface area contributed by atoms with Crippen molar-refractivity contribution in [2.75, 3.05) is 4.72 Å². The molecule has 226 valence electrons. The molecular formula is C29H21Cl3FN5O4S2. The second-order valence-corrected chi connectivity index (χ2v) is 12.9. The first kappa shape index (κ1) is 31.6. The van der Waals surface area contributed by atoms with Crippen LogP contribution in [0, 0.1) is 5.82 Å². The van der Waals surface area contributed by atoms with Crippen molar-refractivity contribution in [3.05, 3.63) is 116 Å². The molecule has 0 saturated carbocycles. The Hall–Kier alpha value is -3.81. The molecule has 15 heteroatoms. The Morgan fingerprint density at radius 3 is 2.39 bits per heavy atom. The highest BCUT2D eigenvalue weighted by Gasteiger charge is 2.26. The third-order valence-electron chi connectivity index (χ3n) is 6.43. The van der Waals surface area contributed by atoms with E-state index in [9.17, 15) is 22.4 Å². The van der Waals surface area contributed by atoms with Crippen LogP contribution in [0.2, 0.25) is 15.1 Å². The van der Waals surface area contributed by atoms with Gasteiger partial charge in [-0.25, -0.2) is 12.8 Å². The second-order valence-electron chi connectivity index (χ2n) is 9.51. The summed E-state index contributed by atoms with van der Waals surface area (Å²) in [4.78, 5) is 26.9. The number of hydrogen-bond acceptors (Lipinski definition) is 7. The van der Waals surface area contributed by atoms with Crippen molar-refractivity contribution in [1.29, 1.82) is 0 Å². The minimum absolute atomic E-state index is 0.0192. The maximum Gasteiger partial charge on any atom is 0.264 e. The molecule has 0 aliphatic carbocycles. The van der Waals surface area contributed by atoms with Crippen LogP contribution in [0.25, 0.3) is 11.0 Å². The molecule has 3 N–H and O–H groups in total. The number of carbonyl (C=O) groups is 2. The van der Waals surface area contributed by atoms with Crippen LogP contribution in [0.15, 0.2) is 83.8 Å². The summed E-state index contributed by atoms with van der Waals surface area (Å²) in [5.74, 6) is -1.72. The lowest BCUT2D eigenvalue weighted by molar-refractivity contribution is -0.123. The number of halogens is 4. The van der Waals surface area contributed by atoms with Gasteiger partial charge in [-0.1, -0.05) is 59.1 Å². The van der Waals surface area contributed by atoms with Crippen molar-refractivity contribution in [1.82, 2.24) is 19.4 Å². The first-order valence-electron chi connectivity index (χ1n) is 12.8. The molecule has 1 heterocycles. The molecule has 44 heavy (non-hydrogen) atoms. The van der Waals surface area contributed by atoms with Gasteiger partial charge < -0.3 is 10.6 Å². The number of sulfonamides is 1. The molecule has 0 aliphatic rings. The predicted octanol–water partition coefficient (Wildman–Crippen LogP) is 6.25. The molecule has 9 nitrogen and oxygen atoms in total. The van der Waals surface area contributed by atoms with Gasteiger partial charge in [0, 0.05) is 18.0 Å². The van der Waals surface area contributed by atoms with E-state index in [1.54, 1.807) is 24.3 Å². The number of benzene rings is 4. The largest absolute Gasteiger partial charge is 0.350 e. The van der Waals surface area contributed by atoms with Gasteiger partial charge in [0.1, 0.15) is 27.8 Å². The minimum Gasteiger partial charge on any atom is -0.350 e. The quantitative estimate of drug-likeness (QED) is 0.159. The van der Waals surface area contributed by atoms with Crippen LogP contribution in [-0.2, 0) is 27.8 Å².